The van der Waals surface area contributed by atoms with Crippen molar-refractivity contribution >= 4 is 28.8 Å². The molecule has 1 aromatic carbocycles. The van der Waals surface area contributed by atoms with E-state index in [0.29, 0.717) is 17.7 Å². The third-order valence-electron chi connectivity index (χ3n) is 4.83. The van der Waals surface area contributed by atoms with Crippen LogP contribution in [0.15, 0.2) is 41.5 Å². The molecule has 0 aliphatic heterocycles. The number of ketones is 1. The molecule has 0 saturated carbocycles. The predicted molar refractivity (Wildman–Crippen MR) is 114 cm³/mol. The van der Waals surface area contributed by atoms with E-state index in [2.05, 4.69) is 15.3 Å². The van der Waals surface area contributed by atoms with Crippen molar-refractivity contribution in [1.82, 2.24) is 14.5 Å². The summed E-state index contributed by atoms with van der Waals surface area (Å²) in [7, 11) is 0. The molecule has 3 rings (SSSR count). The molecular weight excluding hydrogens is 382 g/mol. The molecule has 0 aliphatic carbocycles. The van der Waals surface area contributed by atoms with Gasteiger partial charge in [0.2, 0.25) is 11.4 Å². The lowest BCUT2D eigenvalue weighted by molar-refractivity contribution is -0.661. The Bertz CT molecular complexity index is 1140. The largest absolute Gasteiger partial charge is 0.312 e. The highest BCUT2D eigenvalue weighted by Gasteiger charge is 2.28. The molecule has 0 unspecified atom stereocenters. The van der Waals surface area contributed by atoms with Crippen LogP contribution in [0.5, 0.6) is 0 Å². The Labute approximate surface area is 175 Å². The third-order valence-corrected chi connectivity index (χ3v) is 4.83. The van der Waals surface area contributed by atoms with Gasteiger partial charge in [0.1, 0.15) is 6.54 Å². The number of carbonyl (C=O) groups is 2. The maximum Gasteiger partial charge on any atom is 0.312 e. The number of imidazole rings is 1. The van der Waals surface area contributed by atoms with E-state index in [1.54, 1.807) is 29.3 Å². The summed E-state index contributed by atoms with van der Waals surface area (Å²) in [5, 5.41) is 2.63. The standard InChI is InChI=1S/C22H27N5O3/c1-14(2)19(29)24-21-23-18-17(20(30)25-21)26(11-15-9-7-6-8-10-15)13-27(18)12-16(28)22(3,4)5/h6-10,13-14H,11-12H2,1-5H3,(H-,23,24,25,29,30)/p+1. The van der Waals surface area contributed by atoms with Gasteiger partial charge in [-0.1, -0.05) is 69.9 Å². The average Bonchev–Trinajstić information content (AvgIpc) is 2.99. The number of rotatable bonds is 6. The van der Waals surface area contributed by atoms with Gasteiger partial charge in [-0.05, 0) is 5.56 Å². The smallest absolute Gasteiger partial charge is 0.295 e. The van der Waals surface area contributed by atoms with Crippen LogP contribution in [0.4, 0.5) is 5.95 Å². The number of carbonyl (C=O) groups excluding carboxylic acids is 2. The molecule has 2 N–H and O–H groups in total. The Hall–Kier alpha value is -3.29. The van der Waals surface area contributed by atoms with Crippen molar-refractivity contribution < 1.29 is 14.2 Å². The van der Waals surface area contributed by atoms with Gasteiger partial charge in [-0.2, -0.15) is 0 Å². The fraction of sp³-hybridized carbons (Fsp3) is 0.409. The topological polar surface area (TPSA) is 101 Å². The summed E-state index contributed by atoms with van der Waals surface area (Å²) in [4.78, 5) is 44.7. The molecule has 158 valence electrons. The number of amides is 1. The van der Waals surface area contributed by atoms with E-state index in [1.165, 1.54) is 0 Å². The van der Waals surface area contributed by atoms with E-state index in [-0.39, 0.29) is 35.7 Å². The quantitative estimate of drug-likeness (QED) is 0.609. The number of benzene rings is 1. The Morgan fingerprint density at radius 2 is 1.87 bits per heavy atom. The molecule has 0 atom stereocenters. The van der Waals surface area contributed by atoms with Crippen molar-refractivity contribution in [1.29, 1.82) is 0 Å². The molecule has 0 spiro atoms. The van der Waals surface area contributed by atoms with Crippen molar-refractivity contribution in [2.75, 3.05) is 5.32 Å². The first-order valence-electron chi connectivity index (χ1n) is 9.97. The summed E-state index contributed by atoms with van der Waals surface area (Å²) in [6.45, 7) is 9.61. The summed E-state index contributed by atoms with van der Waals surface area (Å²) in [5.74, 6) is -0.427. The number of nitrogens with zero attached hydrogens (tertiary/aromatic N) is 3. The molecule has 1 amide bonds. The van der Waals surface area contributed by atoms with Crippen LogP contribution in [0.1, 0.15) is 40.2 Å². The van der Waals surface area contributed by atoms with Crippen LogP contribution in [0.25, 0.3) is 11.2 Å². The van der Waals surface area contributed by atoms with Crippen molar-refractivity contribution in [2.24, 2.45) is 11.3 Å². The molecule has 8 nitrogen and oxygen atoms in total. The number of hydrogen-bond acceptors (Lipinski definition) is 4. The SMILES string of the molecule is CC(C)C(=O)Nc1nc2c(c(=O)[nH]1)n(Cc1ccccc1)c[n+]2CC(=O)C(C)(C)C. The molecule has 3 aromatic rings. The number of aromatic amines is 1. The summed E-state index contributed by atoms with van der Waals surface area (Å²) in [5.41, 5.74) is 0.809. The molecule has 30 heavy (non-hydrogen) atoms. The van der Waals surface area contributed by atoms with E-state index >= 15 is 0 Å². The number of aromatic nitrogens is 4. The van der Waals surface area contributed by atoms with Crippen molar-refractivity contribution in [3.05, 3.63) is 52.6 Å². The zero-order valence-electron chi connectivity index (χ0n) is 18.0. The average molecular weight is 410 g/mol. The molecule has 0 radical (unpaired) electrons. The summed E-state index contributed by atoms with van der Waals surface area (Å²) < 4.78 is 3.45. The molecule has 0 bridgehead atoms. The first-order valence-corrected chi connectivity index (χ1v) is 9.97. The number of nitrogens with one attached hydrogen (secondary N) is 2. The number of anilines is 1. The van der Waals surface area contributed by atoms with Gasteiger partial charge in [0.15, 0.2) is 12.1 Å². The third kappa shape index (κ3) is 4.64. The number of fused-ring (bicyclic) bond motifs is 1. The molecule has 2 aromatic heterocycles. The number of Topliss-reactive ketones (excluding diaryl/α,β-unsaturated/α-hetero) is 1. The van der Waals surface area contributed by atoms with Crippen LogP contribution in [0, 0.1) is 11.3 Å². The van der Waals surface area contributed by atoms with Crippen molar-refractivity contribution in [3.8, 4) is 0 Å². The predicted octanol–water partition coefficient (Wildman–Crippen LogP) is 2.27. The Kier molecular flexibility index (Phi) is 5.87. The lowest BCUT2D eigenvalue weighted by atomic mass is 9.91. The Morgan fingerprint density at radius 1 is 1.20 bits per heavy atom. The minimum Gasteiger partial charge on any atom is -0.295 e. The van der Waals surface area contributed by atoms with Crippen LogP contribution in [-0.4, -0.2) is 26.2 Å². The monoisotopic (exact) mass is 410 g/mol. The van der Waals surface area contributed by atoms with Gasteiger partial charge in [-0.15, -0.1) is 0 Å². The van der Waals surface area contributed by atoms with Gasteiger partial charge in [-0.25, -0.2) is 4.57 Å². The van der Waals surface area contributed by atoms with E-state index in [0.717, 1.165) is 5.56 Å². The maximum absolute atomic E-state index is 12.9. The van der Waals surface area contributed by atoms with Crippen LogP contribution in [0.3, 0.4) is 0 Å². The zero-order chi connectivity index (χ0) is 22.1. The molecule has 0 fully saturated rings. The van der Waals surface area contributed by atoms with Crippen LogP contribution in [-0.2, 0) is 22.7 Å². The van der Waals surface area contributed by atoms with E-state index in [4.69, 9.17) is 0 Å². The maximum atomic E-state index is 12.9. The molecular formula is C22H28N5O3+. The Morgan fingerprint density at radius 3 is 2.47 bits per heavy atom. The van der Waals surface area contributed by atoms with Crippen LogP contribution >= 0.6 is 0 Å². The fourth-order valence-electron chi connectivity index (χ4n) is 2.92. The summed E-state index contributed by atoms with van der Waals surface area (Å²) >= 11 is 0. The van der Waals surface area contributed by atoms with Crippen LogP contribution in [0.2, 0.25) is 0 Å². The first-order chi connectivity index (χ1) is 14.1. The first kappa shape index (κ1) is 21.4. The normalized spacial score (nSPS) is 11.8. The Balaban J connectivity index is 2.11. The molecule has 2 heterocycles. The fourth-order valence-corrected chi connectivity index (χ4v) is 2.92. The van der Waals surface area contributed by atoms with Gasteiger partial charge < -0.3 is 0 Å². The molecule has 0 aliphatic rings. The lowest BCUT2D eigenvalue weighted by Gasteiger charge is -2.15. The van der Waals surface area contributed by atoms with Gasteiger partial charge in [0.25, 0.3) is 11.5 Å². The van der Waals surface area contributed by atoms with Gasteiger partial charge in [0, 0.05) is 11.3 Å². The minimum atomic E-state index is -0.531. The number of hydrogen-bond donors (Lipinski definition) is 2. The van der Waals surface area contributed by atoms with Gasteiger partial charge in [0.05, 0.1) is 6.54 Å². The number of H-pyrrole nitrogens is 1. The summed E-state index contributed by atoms with van der Waals surface area (Å²) in [6.07, 6.45) is 1.73. The van der Waals surface area contributed by atoms with Crippen molar-refractivity contribution in [3.63, 3.8) is 0 Å². The summed E-state index contributed by atoms with van der Waals surface area (Å²) in [6, 6.07) is 9.72. The highest BCUT2D eigenvalue weighted by molar-refractivity contribution is 5.90. The van der Waals surface area contributed by atoms with E-state index in [1.807, 2.05) is 51.1 Å². The highest BCUT2D eigenvalue weighted by Crippen LogP contribution is 2.16. The van der Waals surface area contributed by atoms with E-state index in [9.17, 15) is 14.4 Å². The van der Waals surface area contributed by atoms with E-state index < -0.39 is 5.41 Å². The van der Waals surface area contributed by atoms with Gasteiger partial charge in [-0.3, -0.25) is 29.3 Å². The second-order valence-electron chi connectivity index (χ2n) is 8.76. The lowest BCUT2D eigenvalue weighted by Crippen LogP contribution is -2.42. The zero-order valence-corrected chi connectivity index (χ0v) is 18.0. The second-order valence-corrected chi connectivity index (χ2v) is 8.76. The second kappa shape index (κ2) is 8.22. The van der Waals surface area contributed by atoms with Crippen molar-refractivity contribution in [2.45, 2.75) is 47.7 Å². The minimum absolute atomic E-state index is 0.0149. The molecule has 8 heteroatoms. The van der Waals surface area contributed by atoms with Gasteiger partial charge >= 0.3 is 5.65 Å². The molecule has 0 saturated heterocycles. The van der Waals surface area contributed by atoms with Crippen LogP contribution < -0.4 is 15.4 Å². The highest BCUT2D eigenvalue weighted by atomic mass is 16.2.